The van der Waals surface area contributed by atoms with Gasteiger partial charge in [-0.1, -0.05) is 27.4 Å². The number of hydrogen-bond donors (Lipinski definition) is 0. The summed E-state index contributed by atoms with van der Waals surface area (Å²) in [7, 11) is -1.56. The van der Waals surface area contributed by atoms with Crippen LogP contribution in [0.1, 0.15) is 47.0 Å². The minimum absolute atomic E-state index is 0.216. The highest BCUT2D eigenvalue weighted by atomic mass is 28.4. The van der Waals surface area contributed by atoms with Gasteiger partial charge in [0.1, 0.15) is 0 Å². The molecule has 3 heteroatoms. The van der Waals surface area contributed by atoms with Crippen molar-refractivity contribution in [3.63, 3.8) is 0 Å². The molecule has 0 saturated heterocycles. The Bertz CT molecular complexity index is 336. The SMILES string of the molecule is C=C1CC(O[Si](CC)(CC)CC)C(C)=C1CCCF. The van der Waals surface area contributed by atoms with E-state index in [-0.39, 0.29) is 12.8 Å². The van der Waals surface area contributed by atoms with E-state index >= 15 is 0 Å². The monoisotopic (exact) mass is 284 g/mol. The lowest BCUT2D eigenvalue weighted by Gasteiger charge is -2.32. The van der Waals surface area contributed by atoms with Gasteiger partial charge in [-0.15, -0.1) is 0 Å². The average molecular weight is 284 g/mol. The van der Waals surface area contributed by atoms with Gasteiger partial charge in [0.05, 0.1) is 12.8 Å². The van der Waals surface area contributed by atoms with Crippen molar-refractivity contribution in [2.24, 2.45) is 0 Å². The minimum Gasteiger partial charge on any atom is -0.410 e. The molecule has 0 aromatic carbocycles. The summed E-state index contributed by atoms with van der Waals surface area (Å²) in [5.74, 6) is 0. The molecule has 1 nitrogen and oxygen atoms in total. The minimum atomic E-state index is -1.56. The van der Waals surface area contributed by atoms with Gasteiger partial charge in [-0.05, 0) is 54.6 Å². The molecule has 1 aliphatic carbocycles. The number of hydrogen-bond acceptors (Lipinski definition) is 1. The summed E-state index contributed by atoms with van der Waals surface area (Å²) in [6.07, 6.45) is 2.56. The third kappa shape index (κ3) is 3.79. The number of allylic oxidation sites excluding steroid dienone is 1. The Balaban J connectivity index is 2.80. The molecule has 1 rings (SSSR count). The maximum Gasteiger partial charge on any atom is 0.192 e. The summed E-state index contributed by atoms with van der Waals surface area (Å²) in [6, 6.07) is 3.53. The first-order chi connectivity index (χ1) is 9.03. The van der Waals surface area contributed by atoms with Crippen LogP contribution in [0.5, 0.6) is 0 Å². The molecule has 0 radical (unpaired) electrons. The van der Waals surface area contributed by atoms with Crippen LogP contribution in [-0.4, -0.2) is 21.1 Å². The summed E-state index contributed by atoms with van der Waals surface area (Å²) in [6.45, 7) is 12.8. The number of halogens is 1. The maximum absolute atomic E-state index is 12.4. The van der Waals surface area contributed by atoms with Crippen LogP contribution in [-0.2, 0) is 4.43 Å². The highest BCUT2D eigenvalue weighted by molar-refractivity contribution is 6.73. The van der Waals surface area contributed by atoms with Gasteiger partial charge in [-0.3, -0.25) is 4.39 Å². The fourth-order valence-electron chi connectivity index (χ4n) is 3.02. The van der Waals surface area contributed by atoms with Gasteiger partial charge >= 0.3 is 0 Å². The highest BCUT2D eigenvalue weighted by Crippen LogP contribution is 2.38. The third-order valence-electron chi connectivity index (χ3n) is 4.70. The van der Waals surface area contributed by atoms with Gasteiger partial charge in [0.15, 0.2) is 8.32 Å². The Hall–Kier alpha value is -0.413. The highest BCUT2D eigenvalue weighted by Gasteiger charge is 2.35. The largest absolute Gasteiger partial charge is 0.410 e. The standard InChI is InChI=1S/C16H29FOSi/c1-6-19(7-2,8-3)18-16-12-13(4)15(14(16)5)10-9-11-17/h16H,4,6-12H2,1-3,5H3. The molecule has 0 amide bonds. The molecule has 0 aromatic rings. The zero-order valence-corrected chi connectivity index (χ0v) is 14.0. The molecule has 110 valence electrons. The average Bonchev–Trinajstić information content (AvgIpc) is 2.69. The van der Waals surface area contributed by atoms with Crippen molar-refractivity contribution < 1.29 is 8.82 Å². The van der Waals surface area contributed by atoms with Crippen LogP contribution in [0.3, 0.4) is 0 Å². The van der Waals surface area contributed by atoms with E-state index in [0.717, 1.165) is 12.8 Å². The molecule has 0 heterocycles. The first-order valence-electron chi connectivity index (χ1n) is 7.65. The van der Waals surface area contributed by atoms with Gasteiger partial charge in [0, 0.05) is 6.42 Å². The summed E-state index contributed by atoms with van der Waals surface area (Å²) >= 11 is 0. The fourth-order valence-corrected chi connectivity index (χ4v) is 5.89. The normalized spacial score (nSPS) is 20.5. The molecule has 0 N–H and O–H groups in total. The lowest BCUT2D eigenvalue weighted by molar-refractivity contribution is 0.228. The van der Waals surface area contributed by atoms with E-state index in [1.807, 2.05) is 0 Å². The van der Waals surface area contributed by atoms with Crippen molar-refractivity contribution in [2.45, 2.75) is 71.2 Å². The zero-order valence-electron chi connectivity index (χ0n) is 13.0. The van der Waals surface area contributed by atoms with E-state index in [1.165, 1.54) is 34.9 Å². The Morgan fingerprint density at radius 1 is 1.26 bits per heavy atom. The van der Waals surface area contributed by atoms with Crippen LogP contribution in [0.25, 0.3) is 0 Å². The quantitative estimate of drug-likeness (QED) is 0.542. The van der Waals surface area contributed by atoms with Gasteiger partial charge in [0.2, 0.25) is 0 Å². The van der Waals surface area contributed by atoms with E-state index in [1.54, 1.807) is 0 Å². The van der Waals surface area contributed by atoms with Gasteiger partial charge < -0.3 is 4.43 Å². The molecule has 0 spiro atoms. The first kappa shape index (κ1) is 16.6. The fraction of sp³-hybridized carbons (Fsp3) is 0.750. The first-order valence-corrected chi connectivity index (χ1v) is 10.2. The van der Waals surface area contributed by atoms with Crippen LogP contribution >= 0.6 is 0 Å². The van der Waals surface area contributed by atoms with Crippen LogP contribution in [0, 0.1) is 0 Å². The second kappa shape index (κ2) is 7.39. The summed E-state index contributed by atoms with van der Waals surface area (Å²) in [4.78, 5) is 0. The molecule has 1 aliphatic rings. The third-order valence-corrected chi connectivity index (χ3v) is 9.35. The molecule has 1 unspecified atom stereocenters. The Labute approximate surface area is 119 Å². The van der Waals surface area contributed by atoms with Gasteiger partial charge in [-0.2, -0.15) is 0 Å². The van der Waals surface area contributed by atoms with Crippen molar-refractivity contribution in [3.8, 4) is 0 Å². The Morgan fingerprint density at radius 2 is 1.84 bits per heavy atom. The number of alkyl halides is 1. The lowest BCUT2D eigenvalue weighted by atomic mass is 10.0. The molecular weight excluding hydrogens is 255 g/mol. The summed E-state index contributed by atoms with van der Waals surface area (Å²) in [5, 5.41) is 0. The predicted molar refractivity (Wildman–Crippen MR) is 83.7 cm³/mol. The molecular formula is C16H29FOSi. The second-order valence-corrected chi connectivity index (χ2v) is 10.3. The smallest absolute Gasteiger partial charge is 0.192 e. The van der Waals surface area contributed by atoms with Crippen LogP contribution in [0.15, 0.2) is 23.3 Å². The number of rotatable bonds is 8. The van der Waals surface area contributed by atoms with E-state index < -0.39 is 8.32 Å². The van der Waals surface area contributed by atoms with Gasteiger partial charge in [-0.25, -0.2) is 0 Å². The van der Waals surface area contributed by atoms with Crippen molar-refractivity contribution in [1.82, 2.24) is 0 Å². The van der Waals surface area contributed by atoms with Crippen LogP contribution in [0.2, 0.25) is 18.1 Å². The van der Waals surface area contributed by atoms with Crippen molar-refractivity contribution in [3.05, 3.63) is 23.3 Å². The summed E-state index contributed by atoms with van der Waals surface area (Å²) < 4.78 is 18.9. The summed E-state index contributed by atoms with van der Waals surface area (Å²) in [5.41, 5.74) is 3.75. The molecule has 0 saturated carbocycles. The van der Waals surface area contributed by atoms with Crippen molar-refractivity contribution >= 4 is 8.32 Å². The predicted octanol–water partition coefficient (Wildman–Crippen LogP) is 5.40. The molecule has 19 heavy (non-hydrogen) atoms. The zero-order chi connectivity index (χ0) is 14.5. The molecule has 1 atom stereocenters. The molecule has 0 aliphatic heterocycles. The van der Waals surface area contributed by atoms with E-state index in [9.17, 15) is 4.39 Å². The van der Waals surface area contributed by atoms with E-state index in [0.29, 0.717) is 6.42 Å². The molecule has 0 fully saturated rings. The van der Waals surface area contributed by atoms with Crippen LogP contribution < -0.4 is 0 Å². The molecule has 0 bridgehead atoms. The lowest BCUT2D eigenvalue weighted by Crippen LogP contribution is -2.39. The Morgan fingerprint density at radius 3 is 2.32 bits per heavy atom. The topological polar surface area (TPSA) is 9.23 Å². The van der Waals surface area contributed by atoms with Crippen LogP contribution in [0.4, 0.5) is 4.39 Å². The maximum atomic E-state index is 12.4. The van der Waals surface area contributed by atoms with E-state index in [4.69, 9.17) is 4.43 Å². The van der Waals surface area contributed by atoms with E-state index in [2.05, 4.69) is 34.3 Å². The molecule has 0 aromatic heterocycles. The van der Waals surface area contributed by atoms with Crippen molar-refractivity contribution in [1.29, 1.82) is 0 Å². The van der Waals surface area contributed by atoms with Gasteiger partial charge in [0.25, 0.3) is 0 Å². The van der Waals surface area contributed by atoms with Crippen molar-refractivity contribution in [2.75, 3.05) is 6.67 Å². The second-order valence-electron chi connectivity index (χ2n) is 5.61. The Kier molecular flexibility index (Phi) is 6.47.